The summed E-state index contributed by atoms with van der Waals surface area (Å²) in [5, 5.41) is 0. The summed E-state index contributed by atoms with van der Waals surface area (Å²) in [7, 11) is 2.21. The van der Waals surface area contributed by atoms with E-state index in [1.54, 1.807) is 0 Å². The fraction of sp³-hybridized carbons (Fsp3) is 1.00. The van der Waals surface area contributed by atoms with E-state index in [2.05, 4.69) is 16.8 Å². The Morgan fingerprint density at radius 3 is 2.93 bits per heavy atom. The van der Waals surface area contributed by atoms with E-state index in [0.29, 0.717) is 12.8 Å². The van der Waals surface area contributed by atoms with E-state index < -0.39 is 0 Å². The van der Waals surface area contributed by atoms with Crippen LogP contribution in [0.15, 0.2) is 0 Å². The number of ether oxygens (including phenoxy) is 2. The highest BCUT2D eigenvalue weighted by atomic mass is 16.7. The molecule has 0 radical (unpaired) electrons. The topological polar surface area (TPSA) is 24.9 Å². The highest BCUT2D eigenvalue weighted by molar-refractivity contribution is 4.75. The minimum atomic E-state index is 0.461. The molecule has 15 heavy (non-hydrogen) atoms. The minimum Gasteiger partial charge on any atom is -0.354 e. The van der Waals surface area contributed by atoms with E-state index in [-0.39, 0.29) is 0 Å². The molecule has 1 unspecified atom stereocenters. The van der Waals surface area contributed by atoms with Crippen LogP contribution >= 0.6 is 0 Å². The molecule has 0 amide bonds. The zero-order valence-corrected chi connectivity index (χ0v) is 9.65. The number of nitrogens with zero attached hydrogens (tertiary/aromatic N) is 2. The third-order valence-corrected chi connectivity index (χ3v) is 3.38. The van der Waals surface area contributed by atoms with Gasteiger partial charge in [0.15, 0.2) is 0 Å². The molecule has 4 heteroatoms. The van der Waals surface area contributed by atoms with Crippen molar-refractivity contribution in [3.05, 3.63) is 0 Å². The summed E-state index contributed by atoms with van der Waals surface area (Å²) in [5.74, 6) is 0. The smallest absolute Gasteiger partial charge is 0.148 e. The largest absolute Gasteiger partial charge is 0.354 e. The van der Waals surface area contributed by atoms with Gasteiger partial charge in [0.25, 0.3) is 0 Å². The van der Waals surface area contributed by atoms with Gasteiger partial charge in [-0.15, -0.1) is 0 Å². The molecule has 2 heterocycles. The molecule has 2 rings (SSSR count). The number of rotatable bonds is 1. The Labute approximate surface area is 92.1 Å². The molecule has 2 fully saturated rings. The first kappa shape index (κ1) is 11.3. The first-order valence-corrected chi connectivity index (χ1v) is 5.94. The summed E-state index contributed by atoms with van der Waals surface area (Å²) in [6, 6.07) is 0.691. The van der Waals surface area contributed by atoms with Crippen LogP contribution in [0.1, 0.15) is 19.3 Å². The monoisotopic (exact) mass is 214 g/mol. The minimum absolute atomic E-state index is 0.461. The van der Waals surface area contributed by atoms with Crippen molar-refractivity contribution in [3.8, 4) is 0 Å². The van der Waals surface area contributed by atoms with Gasteiger partial charge in [-0.2, -0.15) is 0 Å². The first-order chi connectivity index (χ1) is 7.36. The predicted octanol–water partition coefficient (Wildman–Crippen LogP) is 0.734. The second-order valence-electron chi connectivity index (χ2n) is 4.56. The Hall–Kier alpha value is -0.160. The van der Waals surface area contributed by atoms with Crippen molar-refractivity contribution in [2.24, 2.45) is 0 Å². The fourth-order valence-electron chi connectivity index (χ4n) is 2.39. The predicted molar refractivity (Wildman–Crippen MR) is 58.6 cm³/mol. The molecule has 0 aliphatic carbocycles. The van der Waals surface area contributed by atoms with Crippen molar-refractivity contribution in [1.29, 1.82) is 0 Å². The second kappa shape index (κ2) is 5.80. The number of hydrogen-bond acceptors (Lipinski definition) is 4. The van der Waals surface area contributed by atoms with Crippen molar-refractivity contribution in [1.82, 2.24) is 9.80 Å². The maximum absolute atomic E-state index is 5.42. The number of hydrogen-bond donors (Lipinski definition) is 0. The Morgan fingerprint density at radius 1 is 1.07 bits per heavy atom. The Kier molecular flexibility index (Phi) is 4.38. The van der Waals surface area contributed by atoms with E-state index in [1.807, 2.05) is 0 Å². The van der Waals surface area contributed by atoms with Crippen LogP contribution in [-0.4, -0.2) is 62.7 Å². The van der Waals surface area contributed by atoms with Crippen LogP contribution in [0, 0.1) is 0 Å². The average Bonchev–Trinajstić information content (AvgIpc) is 2.59. The molecule has 0 aromatic heterocycles. The van der Waals surface area contributed by atoms with Gasteiger partial charge in [0, 0.05) is 12.6 Å². The van der Waals surface area contributed by atoms with Crippen LogP contribution in [0.4, 0.5) is 0 Å². The van der Waals surface area contributed by atoms with Gasteiger partial charge in [0.2, 0.25) is 0 Å². The van der Waals surface area contributed by atoms with Crippen molar-refractivity contribution in [3.63, 3.8) is 0 Å². The molecule has 1 atom stereocenters. The first-order valence-electron chi connectivity index (χ1n) is 5.94. The Morgan fingerprint density at radius 2 is 2.00 bits per heavy atom. The summed E-state index contributed by atoms with van der Waals surface area (Å²) in [6.07, 6.45) is 3.87. The summed E-state index contributed by atoms with van der Waals surface area (Å²) < 4.78 is 10.7. The Balaban J connectivity index is 1.84. The molecule has 0 aromatic carbocycles. The van der Waals surface area contributed by atoms with E-state index in [4.69, 9.17) is 9.47 Å². The van der Waals surface area contributed by atoms with E-state index >= 15 is 0 Å². The lowest BCUT2D eigenvalue weighted by atomic mass is 10.1. The summed E-state index contributed by atoms with van der Waals surface area (Å²) in [4.78, 5) is 4.86. The zero-order valence-electron chi connectivity index (χ0n) is 9.65. The lowest BCUT2D eigenvalue weighted by molar-refractivity contribution is -0.0538. The SMILES string of the molecule is CN1CCCC(N2CCOCOC2)CC1. The lowest BCUT2D eigenvalue weighted by Crippen LogP contribution is -2.38. The van der Waals surface area contributed by atoms with Crippen LogP contribution in [-0.2, 0) is 9.47 Å². The van der Waals surface area contributed by atoms with Crippen LogP contribution in [0.5, 0.6) is 0 Å². The molecule has 0 spiro atoms. The van der Waals surface area contributed by atoms with Gasteiger partial charge in [-0.05, 0) is 39.4 Å². The zero-order chi connectivity index (χ0) is 10.5. The van der Waals surface area contributed by atoms with Gasteiger partial charge in [-0.3, -0.25) is 4.90 Å². The third kappa shape index (κ3) is 3.41. The molecule has 4 nitrogen and oxygen atoms in total. The molecule has 88 valence electrons. The molecule has 0 aromatic rings. The van der Waals surface area contributed by atoms with Gasteiger partial charge >= 0.3 is 0 Å². The molecular weight excluding hydrogens is 192 g/mol. The van der Waals surface area contributed by atoms with E-state index in [1.165, 1.54) is 32.4 Å². The van der Waals surface area contributed by atoms with Crippen LogP contribution in [0.3, 0.4) is 0 Å². The second-order valence-corrected chi connectivity index (χ2v) is 4.56. The molecule has 0 bridgehead atoms. The van der Waals surface area contributed by atoms with Crippen LogP contribution in [0.25, 0.3) is 0 Å². The fourth-order valence-corrected chi connectivity index (χ4v) is 2.39. The maximum Gasteiger partial charge on any atom is 0.148 e. The highest BCUT2D eigenvalue weighted by Crippen LogP contribution is 2.16. The molecular formula is C11H22N2O2. The molecule has 2 aliphatic rings. The normalized spacial score (nSPS) is 32.2. The van der Waals surface area contributed by atoms with Crippen molar-refractivity contribution < 1.29 is 9.47 Å². The van der Waals surface area contributed by atoms with Gasteiger partial charge in [0.1, 0.15) is 13.5 Å². The van der Waals surface area contributed by atoms with Crippen molar-refractivity contribution in [2.75, 3.05) is 46.8 Å². The van der Waals surface area contributed by atoms with Gasteiger partial charge in [0.05, 0.1) is 6.61 Å². The van der Waals surface area contributed by atoms with Gasteiger partial charge in [-0.25, -0.2) is 0 Å². The highest BCUT2D eigenvalue weighted by Gasteiger charge is 2.22. The molecule has 0 saturated carbocycles. The average molecular weight is 214 g/mol. The van der Waals surface area contributed by atoms with Gasteiger partial charge in [-0.1, -0.05) is 0 Å². The summed E-state index contributed by atoms with van der Waals surface area (Å²) >= 11 is 0. The third-order valence-electron chi connectivity index (χ3n) is 3.38. The van der Waals surface area contributed by atoms with Crippen molar-refractivity contribution in [2.45, 2.75) is 25.3 Å². The summed E-state index contributed by atoms with van der Waals surface area (Å²) in [6.45, 7) is 5.49. The molecule has 0 N–H and O–H groups in total. The van der Waals surface area contributed by atoms with Crippen LogP contribution in [0.2, 0.25) is 0 Å². The van der Waals surface area contributed by atoms with Crippen LogP contribution < -0.4 is 0 Å². The number of likely N-dealkylation sites (tertiary alicyclic amines) is 1. The van der Waals surface area contributed by atoms with Crippen molar-refractivity contribution >= 4 is 0 Å². The van der Waals surface area contributed by atoms with Gasteiger partial charge < -0.3 is 14.4 Å². The Bertz CT molecular complexity index is 181. The van der Waals surface area contributed by atoms with E-state index in [9.17, 15) is 0 Å². The maximum atomic E-state index is 5.42. The molecule has 2 aliphatic heterocycles. The standard InChI is InChI=1S/C11H22N2O2/c1-12-5-2-3-11(4-6-12)13-7-8-14-10-15-9-13/h11H,2-10H2,1H3. The molecule has 2 saturated heterocycles. The summed E-state index contributed by atoms with van der Waals surface area (Å²) in [5.41, 5.74) is 0. The quantitative estimate of drug-likeness (QED) is 0.642. The lowest BCUT2D eigenvalue weighted by Gasteiger charge is -2.28. The van der Waals surface area contributed by atoms with E-state index in [0.717, 1.165) is 19.9 Å².